The van der Waals surface area contributed by atoms with Crippen molar-refractivity contribution in [3.63, 3.8) is 0 Å². The van der Waals surface area contributed by atoms with E-state index in [1.165, 1.54) is 51.2 Å². The zero-order valence-corrected chi connectivity index (χ0v) is 19.3. The summed E-state index contributed by atoms with van der Waals surface area (Å²) in [5.74, 6) is 0. The van der Waals surface area contributed by atoms with Gasteiger partial charge in [-0.05, 0) is 69.2 Å². The standard InChI is InChI=1S/C29H32N2/c1-28(2)14-15-29(3,4)24-18-27(25(30)17-23(24)28)31(5)26-16-19-10-6-7-11-20(19)21-12-8-9-13-22(21)26/h6-13,16-18H,14-15,30H2,1-5H3. The van der Waals surface area contributed by atoms with Crippen molar-refractivity contribution in [2.45, 2.75) is 51.4 Å². The van der Waals surface area contributed by atoms with Gasteiger partial charge in [0.2, 0.25) is 0 Å². The Morgan fingerprint density at radius 2 is 1.23 bits per heavy atom. The molecule has 4 aromatic carbocycles. The Kier molecular flexibility index (Phi) is 4.34. The molecule has 0 amide bonds. The molecular formula is C29H32N2. The fourth-order valence-corrected chi connectivity index (χ4v) is 5.35. The van der Waals surface area contributed by atoms with E-state index in [1.807, 2.05) is 0 Å². The summed E-state index contributed by atoms with van der Waals surface area (Å²) in [6.45, 7) is 9.43. The van der Waals surface area contributed by atoms with Crippen molar-refractivity contribution in [1.82, 2.24) is 0 Å². The third kappa shape index (κ3) is 3.08. The van der Waals surface area contributed by atoms with Crippen LogP contribution < -0.4 is 10.6 Å². The number of anilines is 3. The summed E-state index contributed by atoms with van der Waals surface area (Å²) in [5.41, 5.74) is 13.0. The number of nitrogens with zero attached hydrogens (tertiary/aromatic N) is 1. The summed E-state index contributed by atoms with van der Waals surface area (Å²) < 4.78 is 0. The Bertz CT molecular complexity index is 1310. The van der Waals surface area contributed by atoms with Crippen LogP contribution in [0.4, 0.5) is 17.1 Å². The molecule has 1 aliphatic rings. The SMILES string of the molecule is CN(c1cc2c(cc1N)C(C)(C)CCC2(C)C)c1cc2ccccc2c2ccccc12. The lowest BCUT2D eigenvalue weighted by molar-refractivity contribution is 0.332. The molecule has 0 aliphatic heterocycles. The Hall–Kier alpha value is -3.00. The monoisotopic (exact) mass is 408 g/mol. The Balaban J connectivity index is 1.75. The van der Waals surface area contributed by atoms with E-state index in [4.69, 9.17) is 5.73 Å². The van der Waals surface area contributed by atoms with Crippen LogP contribution in [-0.4, -0.2) is 7.05 Å². The van der Waals surface area contributed by atoms with Gasteiger partial charge in [0.25, 0.3) is 0 Å². The normalized spacial score (nSPS) is 16.9. The molecule has 2 nitrogen and oxygen atoms in total. The highest BCUT2D eigenvalue weighted by Gasteiger charge is 2.38. The molecule has 0 unspecified atom stereocenters. The van der Waals surface area contributed by atoms with Gasteiger partial charge >= 0.3 is 0 Å². The third-order valence-corrected chi connectivity index (χ3v) is 7.47. The lowest BCUT2D eigenvalue weighted by Crippen LogP contribution is -2.34. The summed E-state index contributed by atoms with van der Waals surface area (Å²) in [6, 6.07) is 24.2. The van der Waals surface area contributed by atoms with E-state index < -0.39 is 0 Å². The fourth-order valence-electron chi connectivity index (χ4n) is 5.35. The summed E-state index contributed by atoms with van der Waals surface area (Å²) >= 11 is 0. The second-order valence-corrected chi connectivity index (χ2v) is 10.4. The number of benzene rings is 4. The second-order valence-electron chi connectivity index (χ2n) is 10.4. The van der Waals surface area contributed by atoms with Gasteiger partial charge in [0.15, 0.2) is 0 Å². The molecule has 0 spiro atoms. The highest BCUT2D eigenvalue weighted by Crippen LogP contribution is 2.49. The smallest absolute Gasteiger partial charge is 0.0645 e. The topological polar surface area (TPSA) is 29.3 Å². The molecule has 0 saturated carbocycles. The maximum absolute atomic E-state index is 6.71. The molecular weight excluding hydrogens is 376 g/mol. The first-order chi connectivity index (χ1) is 14.7. The Morgan fingerprint density at radius 3 is 1.90 bits per heavy atom. The molecule has 158 valence electrons. The van der Waals surface area contributed by atoms with Crippen LogP contribution in [-0.2, 0) is 10.8 Å². The van der Waals surface area contributed by atoms with Crippen LogP contribution in [0.15, 0.2) is 66.7 Å². The van der Waals surface area contributed by atoms with Crippen LogP contribution >= 0.6 is 0 Å². The van der Waals surface area contributed by atoms with E-state index in [1.54, 1.807) is 0 Å². The van der Waals surface area contributed by atoms with Crippen LogP contribution in [0.5, 0.6) is 0 Å². The molecule has 5 rings (SSSR count). The van der Waals surface area contributed by atoms with E-state index in [9.17, 15) is 0 Å². The molecule has 0 atom stereocenters. The van der Waals surface area contributed by atoms with Crippen LogP contribution in [0, 0.1) is 0 Å². The average molecular weight is 409 g/mol. The van der Waals surface area contributed by atoms with E-state index in [0.717, 1.165) is 11.4 Å². The number of hydrogen-bond acceptors (Lipinski definition) is 2. The van der Waals surface area contributed by atoms with Crippen molar-refractivity contribution < 1.29 is 0 Å². The maximum atomic E-state index is 6.71. The molecule has 2 N–H and O–H groups in total. The molecule has 31 heavy (non-hydrogen) atoms. The quantitative estimate of drug-likeness (QED) is 0.272. The average Bonchev–Trinajstić information content (AvgIpc) is 2.76. The highest BCUT2D eigenvalue weighted by atomic mass is 15.1. The molecule has 0 radical (unpaired) electrons. The van der Waals surface area contributed by atoms with E-state index in [2.05, 4.69) is 106 Å². The minimum absolute atomic E-state index is 0.152. The predicted molar refractivity (Wildman–Crippen MR) is 136 cm³/mol. The van der Waals surface area contributed by atoms with Gasteiger partial charge in [-0.25, -0.2) is 0 Å². The summed E-state index contributed by atoms with van der Waals surface area (Å²) in [5, 5.41) is 5.07. The second kappa shape index (κ2) is 6.75. The number of rotatable bonds is 2. The maximum Gasteiger partial charge on any atom is 0.0645 e. The van der Waals surface area contributed by atoms with Crippen molar-refractivity contribution in [3.8, 4) is 0 Å². The molecule has 1 aliphatic carbocycles. The lowest BCUT2D eigenvalue weighted by Gasteiger charge is -2.42. The molecule has 0 bridgehead atoms. The lowest BCUT2D eigenvalue weighted by atomic mass is 9.63. The van der Waals surface area contributed by atoms with Gasteiger partial charge in [0.05, 0.1) is 11.4 Å². The number of fused-ring (bicyclic) bond motifs is 4. The molecule has 2 heteroatoms. The molecule has 0 heterocycles. The molecule has 0 fully saturated rings. The van der Waals surface area contributed by atoms with Gasteiger partial charge in [-0.2, -0.15) is 0 Å². The van der Waals surface area contributed by atoms with E-state index >= 15 is 0 Å². The van der Waals surface area contributed by atoms with Gasteiger partial charge in [-0.1, -0.05) is 76.2 Å². The van der Waals surface area contributed by atoms with Gasteiger partial charge in [-0.15, -0.1) is 0 Å². The van der Waals surface area contributed by atoms with Crippen molar-refractivity contribution in [1.29, 1.82) is 0 Å². The van der Waals surface area contributed by atoms with E-state index in [0.29, 0.717) is 0 Å². The molecule has 4 aromatic rings. The summed E-state index contributed by atoms with van der Waals surface area (Å²) in [4.78, 5) is 2.28. The highest BCUT2D eigenvalue weighted by molar-refractivity contribution is 6.13. The first kappa shape index (κ1) is 19.9. The minimum atomic E-state index is 0.152. The zero-order chi connectivity index (χ0) is 22.0. The first-order valence-corrected chi connectivity index (χ1v) is 11.3. The predicted octanol–water partition coefficient (Wildman–Crippen LogP) is 7.69. The van der Waals surface area contributed by atoms with Crippen molar-refractivity contribution in [2.75, 3.05) is 17.7 Å². The zero-order valence-electron chi connectivity index (χ0n) is 19.3. The number of hydrogen-bond donors (Lipinski definition) is 1. The van der Waals surface area contributed by atoms with Crippen LogP contribution in [0.3, 0.4) is 0 Å². The summed E-state index contributed by atoms with van der Waals surface area (Å²) in [7, 11) is 2.15. The minimum Gasteiger partial charge on any atom is -0.397 e. The number of nitrogen functional groups attached to an aromatic ring is 1. The van der Waals surface area contributed by atoms with Gasteiger partial charge < -0.3 is 10.6 Å². The molecule has 0 aromatic heterocycles. The van der Waals surface area contributed by atoms with Gasteiger partial charge in [0.1, 0.15) is 0 Å². The van der Waals surface area contributed by atoms with Gasteiger partial charge in [0, 0.05) is 18.1 Å². The van der Waals surface area contributed by atoms with Crippen LogP contribution in [0.2, 0.25) is 0 Å². The first-order valence-electron chi connectivity index (χ1n) is 11.3. The Labute approximate surface area is 185 Å². The Morgan fingerprint density at radius 1 is 0.677 bits per heavy atom. The van der Waals surface area contributed by atoms with Gasteiger partial charge in [-0.3, -0.25) is 0 Å². The summed E-state index contributed by atoms with van der Waals surface area (Å²) in [6.07, 6.45) is 2.38. The van der Waals surface area contributed by atoms with Crippen LogP contribution in [0.1, 0.15) is 51.7 Å². The number of nitrogens with two attached hydrogens (primary N) is 1. The van der Waals surface area contributed by atoms with Crippen LogP contribution in [0.25, 0.3) is 21.5 Å². The fraction of sp³-hybridized carbons (Fsp3) is 0.310. The molecule has 0 saturated heterocycles. The largest absolute Gasteiger partial charge is 0.397 e. The van der Waals surface area contributed by atoms with Crippen molar-refractivity contribution >= 4 is 38.6 Å². The van der Waals surface area contributed by atoms with E-state index in [-0.39, 0.29) is 10.8 Å². The van der Waals surface area contributed by atoms with Crippen molar-refractivity contribution in [2.24, 2.45) is 0 Å². The third-order valence-electron chi connectivity index (χ3n) is 7.47. The van der Waals surface area contributed by atoms with Crippen molar-refractivity contribution in [3.05, 3.63) is 77.9 Å².